The lowest BCUT2D eigenvalue weighted by Gasteiger charge is -2.21. The summed E-state index contributed by atoms with van der Waals surface area (Å²) in [7, 11) is 0. The minimum Gasteiger partial charge on any atom is -0.459 e. The standard InChI is InChI=1S/C18H18N2O2/c21-18(22-13-5-2-1-3-6-13)12-8-9-16-15(11-12)14-7-4-10-19-17(14)20-16/h4,7-11,13H,1-3,5-6H2,(H,19,20). The molecule has 0 bridgehead atoms. The highest BCUT2D eigenvalue weighted by molar-refractivity contribution is 6.08. The summed E-state index contributed by atoms with van der Waals surface area (Å²) < 4.78 is 5.65. The fourth-order valence-corrected chi connectivity index (χ4v) is 3.26. The molecule has 4 nitrogen and oxygen atoms in total. The second-order valence-corrected chi connectivity index (χ2v) is 5.95. The Bertz CT molecular complexity index is 831. The highest BCUT2D eigenvalue weighted by Gasteiger charge is 2.19. The molecule has 0 amide bonds. The second-order valence-electron chi connectivity index (χ2n) is 5.95. The summed E-state index contributed by atoms with van der Waals surface area (Å²) in [5.74, 6) is -0.216. The normalized spacial score (nSPS) is 16.2. The first-order chi connectivity index (χ1) is 10.8. The van der Waals surface area contributed by atoms with E-state index in [-0.39, 0.29) is 12.1 Å². The van der Waals surface area contributed by atoms with Crippen LogP contribution in [0.4, 0.5) is 0 Å². The minimum absolute atomic E-state index is 0.0848. The third-order valence-corrected chi connectivity index (χ3v) is 4.43. The van der Waals surface area contributed by atoms with Crippen molar-refractivity contribution in [1.82, 2.24) is 9.97 Å². The van der Waals surface area contributed by atoms with E-state index in [4.69, 9.17) is 4.74 Å². The van der Waals surface area contributed by atoms with E-state index in [0.717, 1.165) is 47.6 Å². The maximum Gasteiger partial charge on any atom is 0.338 e. The Balaban J connectivity index is 1.66. The van der Waals surface area contributed by atoms with Crippen LogP contribution in [0.25, 0.3) is 21.9 Å². The molecule has 1 aliphatic rings. The molecular formula is C18H18N2O2. The number of benzene rings is 1. The third kappa shape index (κ3) is 2.34. The number of pyridine rings is 1. The van der Waals surface area contributed by atoms with Crippen LogP contribution in [0.1, 0.15) is 42.5 Å². The number of hydrogen-bond acceptors (Lipinski definition) is 3. The molecule has 0 atom stereocenters. The Kier molecular flexibility index (Phi) is 3.29. The van der Waals surface area contributed by atoms with Gasteiger partial charge in [-0.05, 0) is 56.0 Å². The number of H-pyrrole nitrogens is 1. The highest BCUT2D eigenvalue weighted by Crippen LogP contribution is 2.26. The molecule has 4 heteroatoms. The van der Waals surface area contributed by atoms with Gasteiger partial charge in [0, 0.05) is 22.5 Å². The number of carbonyl (C=O) groups is 1. The third-order valence-electron chi connectivity index (χ3n) is 4.43. The van der Waals surface area contributed by atoms with Crippen molar-refractivity contribution in [2.45, 2.75) is 38.2 Å². The SMILES string of the molecule is O=C(OC1CCCCC1)c1ccc2[nH]c3ncccc3c2c1. The lowest BCUT2D eigenvalue weighted by Crippen LogP contribution is -2.20. The van der Waals surface area contributed by atoms with Crippen LogP contribution in [0, 0.1) is 0 Å². The maximum atomic E-state index is 12.4. The summed E-state index contributed by atoms with van der Waals surface area (Å²) in [6, 6.07) is 9.57. The van der Waals surface area contributed by atoms with Crippen LogP contribution in [0.2, 0.25) is 0 Å². The highest BCUT2D eigenvalue weighted by atomic mass is 16.5. The van der Waals surface area contributed by atoms with Crippen molar-refractivity contribution in [1.29, 1.82) is 0 Å². The van der Waals surface area contributed by atoms with Crippen molar-refractivity contribution in [3.05, 3.63) is 42.1 Å². The van der Waals surface area contributed by atoms with Gasteiger partial charge in [0.2, 0.25) is 0 Å². The maximum absolute atomic E-state index is 12.4. The second kappa shape index (κ2) is 5.44. The van der Waals surface area contributed by atoms with Gasteiger partial charge >= 0.3 is 5.97 Å². The Hall–Kier alpha value is -2.36. The van der Waals surface area contributed by atoms with E-state index in [0.29, 0.717) is 5.56 Å². The number of nitrogens with one attached hydrogen (secondary N) is 1. The van der Waals surface area contributed by atoms with E-state index < -0.39 is 0 Å². The lowest BCUT2D eigenvalue weighted by molar-refractivity contribution is 0.0211. The number of nitrogens with zero attached hydrogens (tertiary/aromatic N) is 1. The number of rotatable bonds is 2. The summed E-state index contributed by atoms with van der Waals surface area (Å²) in [4.78, 5) is 19.9. The predicted octanol–water partition coefficient (Wildman–Crippen LogP) is 4.21. The molecule has 0 saturated heterocycles. The summed E-state index contributed by atoms with van der Waals surface area (Å²) in [5, 5.41) is 2.05. The largest absolute Gasteiger partial charge is 0.459 e. The van der Waals surface area contributed by atoms with Crippen LogP contribution >= 0.6 is 0 Å². The smallest absolute Gasteiger partial charge is 0.338 e. The van der Waals surface area contributed by atoms with Crippen molar-refractivity contribution < 1.29 is 9.53 Å². The number of esters is 1. The number of hydrogen-bond donors (Lipinski definition) is 1. The number of ether oxygens (including phenoxy) is 1. The van der Waals surface area contributed by atoms with E-state index in [9.17, 15) is 4.79 Å². The van der Waals surface area contributed by atoms with Gasteiger partial charge < -0.3 is 9.72 Å². The zero-order valence-electron chi connectivity index (χ0n) is 12.3. The predicted molar refractivity (Wildman–Crippen MR) is 85.9 cm³/mol. The molecule has 112 valence electrons. The zero-order valence-corrected chi connectivity index (χ0v) is 12.3. The van der Waals surface area contributed by atoms with Gasteiger partial charge in [0.25, 0.3) is 0 Å². The molecule has 1 fully saturated rings. The fraction of sp³-hybridized carbons (Fsp3) is 0.333. The molecule has 1 aliphatic carbocycles. The minimum atomic E-state index is -0.216. The van der Waals surface area contributed by atoms with E-state index in [1.807, 2.05) is 30.3 Å². The quantitative estimate of drug-likeness (QED) is 0.720. The first-order valence-corrected chi connectivity index (χ1v) is 7.89. The Morgan fingerprint density at radius 2 is 2.00 bits per heavy atom. The molecule has 2 aromatic heterocycles. The van der Waals surface area contributed by atoms with Crippen molar-refractivity contribution in [3.8, 4) is 0 Å². The molecular weight excluding hydrogens is 276 g/mol. The average Bonchev–Trinajstić information content (AvgIpc) is 2.93. The molecule has 0 unspecified atom stereocenters. The van der Waals surface area contributed by atoms with Crippen molar-refractivity contribution >= 4 is 27.9 Å². The molecule has 4 rings (SSSR count). The van der Waals surface area contributed by atoms with E-state index in [1.54, 1.807) is 6.20 Å². The number of fused-ring (bicyclic) bond motifs is 3. The Morgan fingerprint density at radius 3 is 2.86 bits per heavy atom. The van der Waals surface area contributed by atoms with Gasteiger partial charge in [-0.2, -0.15) is 0 Å². The molecule has 0 radical (unpaired) electrons. The van der Waals surface area contributed by atoms with Crippen LogP contribution in [0.3, 0.4) is 0 Å². The summed E-state index contributed by atoms with van der Waals surface area (Å²) in [6.07, 6.45) is 7.39. The summed E-state index contributed by atoms with van der Waals surface area (Å²) in [6.45, 7) is 0. The van der Waals surface area contributed by atoms with Gasteiger partial charge in [0.1, 0.15) is 11.8 Å². The lowest BCUT2D eigenvalue weighted by atomic mass is 9.98. The molecule has 1 aromatic carbocycles. The van der Waals surface area contributed by atoms with Crippen LogP contribution < -0.4 is 0 Å². The van der Waals surface area contributed by atoms with E-state index >= 15 is 0 Å². The van der Waals surface area contributed by atoms with Gasteiger partial charge in [0.15, 0.2) is 0 Å². The van der Waals surface area contributed by atoms with Gasteiger partial charge in [-0.1, -0.05) is 6.42 Å². The molecule has 22 heavy (non-hydrogen) atoms. The number of carbonyl (C=O) groups excluding carboxylic acids is 1. The average molecular weight is 294 g/mol. The molecule has 0 spiro atoms. The van der Waals surface area contributed by atoms with E-state index in [2.05, 4.69) is 9.97 Å². The van der Waals surface area contributed by atoms with Crippen molar-refractivity contribution in [3.63, 3.8) is 0 Å². The molecule has 1 N–H and O–H groups in total. The van der Waals surface area contributed by atoms with Crippen molar-refractivity contribution in [2.24, 2.45) is 0 Å². The first-order valence-electron chi connectivity index (χ1n) is 7.89. The van der Waals surface area contributed by atoms with Crippen molar-refractivity contribution in [2.75, 3.05) is 0 Å². The first kappa shape index (κ1) is 13.3. The van der Waals surface area contributed by atoms with Gasteiger partial charge in [-0.3, -0.25) is 0 Å². The van der Waals surface area contributed by atoms with Gasteiger partial charge in [-0.15, -0.1) is 0 Å². The monoisotopic (exact) mass is 294 g/mol. The van der Waals surface area contributed by atoms with E-state index in [1.165, 1.54) is 6.42 Å². The van der Waals surface area contributed by atoms with Gasteiger partial charge in [-0.25, -0.2) is 9.78 Å². The summed E-state index contributed by atoms with van der Waals surface area (Å²) in [5.41, 5.74) is 2.45. The zero-order chi connectivity index (χ0) is 14.9. The summed E-state index contributed by atoms with van der Waals surface area (Å²) >= 11 is 0. The topological polar surface area (TPSA) is 55.0 Å². The van der Waals surface area contributed by atoms with Gasteiger partial charge in [0.05, 0.1) is 5.56 Å². The number of aromatic amines is 1. The van der Waals surface area contributed by atoms with Crippen LogP contribution in [-0.2, 0) is 4.74 Å². The Labute approximate surface area is 128 Å². The molecule has 1 saturated carbocycles. The molecule has 3 aromatic rings. The number of aromatic nitrogens is 2. The van der Waals surface area contributed by atoms with Crippen LogP contribution in [-0.4, -0.2) is 22.0 Å². The van der Waals surface area contributed by atoms with Crippen LogP contribution in [0.15, 0.2) is 36.5 Å². The molecule has 2 heterocycles. The fourth-order valence-electron chi connectivity index (χ4n) is 3.26. The molecule has 0 aliphatic heterocycles. The Morgan fingerprint density at radius 1 is 1.14 bits per heavy atom. The van der Waals surface area contributed by atoms with Crippen LogP contribution in [0.5, 0.6) is 0 Å².